The molecule has 0 aromatic rings. The summed E-state index contributed by atoms with van der Waals surface area (Å²) in [6.45, 7) is 1.79. The first-order chi connectivity index (χ1) is 5.11. The molecule has 0 aliphatic rings. The Balaban J connectivity index is 4.04. The van der Waals surface area contributed by atoms with E-state index in [1.54, 1.807) is 6.92 Å². The van der Waals surface area contributed by atoms with Gasteiger partial charge in [0.25, 0.3) is 0 Å². The van der Waals surface area contributed by atoms with Gasteiger partial charge in [-0.15, -0.1) is 0 Å². The number of amides is 1. The van der Waals surface area contributed by atoms with Gasteiger partial charge < -0.3 is 9.84 Å². The number of carbonyl (C=O) groups is 1. The molecule has 1 N–H and O–H groups in total. The summed E-state index contributed by atoms with van der Waals surface area (Å²) in [7, 11) is 2.80. The summed E-state index contributed by atoms with van der Waals surface area (Å²) in [5.74, 6) is 0.151. The van der Waals surface area contributed by atoms with Gasteiger partial charge in [0.15, 0.2) is 0 Å². The highest BCUT2D eigenvalue weighted by Gasteiger charge is 2.04. The van der Waals surface area contributed by atoms with E-state index >= 15 is 0 Å². The minimum absolute atomic E-state index is 0.151. The first kappa shape index (κ1) is 9.81. The van der Waals surface area contributed by atoms with E-state index in [-0.39, 0.29) is 5.76 Å². The quantitative estimate of drug-likeness (QED) is 0.621. The Morgan fingerprint density at radius 2 is 2.27 bits per heavy atom. The molecule has 0 atom stereocenters. The monoisotopic (exact) mass is 159 g/mol. The van der Waals surface area contributed by atoms with Crippen LogP contribution >= 0.6 is 0 Å². The summed E-state index contributed by atoms with van der Waals surface area (Å²) in [5, 5.41) is 8.98. The van der Waals surface area contributed by atoms with E-state index < -0.39 is 6.09 Å². The lowest BCUT2D eigenvalue weighted by atomic mass is 10.4. The van der Waals surface area contributed by atoms with Crippen LogP contribution in [0.1, 0.15) is 13.3 Å². The lowest BCUT2D eigenvalue weighted by molar-refractivity contribution is 0.145. The second-order valence-corrected chi connectivity index (χ2v) is 2.05. The number of hydrogen-bond donors (Lipinski definition) is 1. The number of methoxy groups -OCH3 is 1. The number of hydrogen-bond acceptors (Lipinski definition) is 3. The van der Waals surface area contributed by atoms with Crippen molar-refractivity contribution in [2.75, 3.05) is 14.2 Å². The Kier molecular flexibility index (Phi) is 4.10. The fourth-order valence-corrected chi connectivity index (χ4v) is 0.512. The van der Waals surface area contributed by atoms with Crippen LogP contribution in [0.3, 0.4) is 0 Å². The summed E-state index contributed by atoms with van der Waals surface area (Å²) >= 11 is 0. The van der Waals surface area contributed by atoms with Crippen LogP contribution in [-0.4, -0.2) is 30.3 Å². The van der Waals surface area contributed by atoms with Crippen LogP contribution in [0.15, 0.2) is 12.0 Å². The lowest BCUT2D eigenvalue weighted by Crippen LogP contribution is -2.21. The van der Waals surface area contributed by atoms with Crippen LogP contribution in [-0.2, 0) is 4.74 Å². The van der Waals surface area contributed by atoms with Crippen molar-refractivity contribution < 1.29 is 14.6 Å². The van der Waals surface area contributed by atoms with Crippen molar-refractivity contribution in [1.82, 2.24) is 4.90 Å². The molecule has 0 unspecified atom stereocenters. The molecule has 0 heterocycles. The molecule has 0 aromatic carbocycles. The zero-order valence-corrected chi connectivity index (χ0v) is 7.00. The Bertz CT molecular complexity index is 165. The van der Waals surface area contributed by atoms with Crippen LogP contribution in [0, 0.1) is 0 Å². The molecule has 0 aliphatic heterocycles. The van der Waals surface area contributed by atoms with E-state index in [9.17, 15) is 4.79 Å². The van der Waals surface area contributed by atoms with Crippen molar-refractivity contribution >= 4 is 6.09 Å². The molecule has 1 amide bonds. The third-order valence-electron chi connectivity index (χ3n) is 1.17. The Morgan fingerprint density at radius 1 is 1.73 bits per heavy atom. The predicted octanol–water partition coefficient (Wildman–Crippen LogP) is 1.49. The SMILES string of the molecule is CC/C(O)=C/N(C)C(=O)OC. The van der Waals surface area contributed by atoms with Crippen molar-refractivity contribution in [3.05, 3.63) is 12.0 Å². The number of nitrogens with zero attached hydrogens (tertiary/aromatic N) is 1. The second kappa shape index (κ2) is 4.60. The van der Waals surface area contributed by atoms with E-state index in [0.717, 1.165) is 0 Å². The third kappa shape index (κ3) is 3.50. The van der Waals surface area contributed by atoms with E-state index in [1.807, 2.05) is 0 Å². The zero-order chi connectivity index (χ0) is 8.85. The first-order valence-electron chi connectivity index (χ1n) is 3.32. The lowest BCUT2D eigenvalue weighted by Gasteiger charge is -2.09. The molecule has 0 spiro atoms. The molecule has 11 heavy (non-hydrogen) atoms. The van der Waals surface area contributed by atoms with Gasteiger partial charge in [0, 0.05) is 19.7 Å². The largest absolute Gasteiger partial charge is 0.511 e. The fraction of sp³-hybridized carbons (Fsp3) is 0.571. The normalized spacial score (nSPS) is 11.0. The summed E-state index contributed by atoms with van der Waals surface area (Å²) in [6, 6.07) is 0. The van der Waals surface area contributed by atoms with Gasteiger partial charge in [0.1, 0.15) is 5.76 Å². The Hall–Kier alpha value is -1.19. The van der Waals surface area contributed by atoms with Crippen molar-refractivity contribution in [2.45, 2.75) is 13.3 Å². The summed E-state index contributed by atoms with van der Waals surface area (Å²) in [5.41, 5.74) is 0. The third-order valence-corrected chi connectivity index (χ3v) is 1.17. The van der Waals surface area contributed by atoms with Gasteiger partial charge in [-0.2, -0.15) is 0 Å². The standard InChI is InChI=1S/C7H13NO3/c1-4-6(9)5-8(2)7(10)11-3/h5,9H,4H2,1-3H3/b6-5-. The molecule has 4 nitrogen and oxygen atoms in total. The Morgan fingerprint density at radius 3 is 2.64 bits per heavy atom. The smallest absolute Gasteiger partial charge is 0.413 e. The highest BCUT2D eigenvalue weighted by Crippen LogP contribution is 1.97. The summed E-state index contributed by atoms with van der Waals surface area (Å²) in [4.78, 5) is 11.9. The number of rotatable bonds is 2. The Labute approximate surface area is 66.1 Å². The molecule has 0 aliphatic carbocycles. The average molecular weight is 159 g/mol. The molecule has 0 saturated carbocycles. The summed E-state index contributed by atoms with van der Waals surface area (Å²) in [6.07, 6.45) is 1.33. The molecule has 0 rings (SSSR count). The molecule has 0 saturated heterocycles. The number of carbonyl (C=O) groups excluding carboxylic acids is 1. The van der Waals surface area contributed by atoms with E-state index in [1.165, 1.54) is 25.3 Å². The number of allylic oxidation sites excluding steroid dienone is 1. The van der Waals surface area contributed by atoms with Gasteiger partial charge in [-0.1, -0.05) is 6.92 Å². The maximum absolute atomic E-state index is 10.7. The van der Waals surface area contributed by atoms with Gasteiger partial charge >= 0.3 is 6.09 Å². The molecule has 0 radical (unpaired) electrons. The molecule has 64 valence electrons. The van der Waals surface area contributed by atoms with Gasteiger partial charge in [-0.25, -0.2) is 4.79 Å². The minimum Gasteiger partial charge on any atom is -0.511 e. The molecule has 0 aromatic heterocycles. The van der Waals surface area contributed by atoms with E-state index in [4.69, 9.17) is 5.11 Å². The number of aliphatic hydroxyl groups is 1. The minimum atomic E-state index is -0.495. The summed E-state index contributed by atoms with van der Waals surface area (Å²) < 4.78 is 4.39. The fourth-order valence-electron chi connectivity index (χ4n) is 0.512. The van der Waals surface area contributed by atoms with Gasteiger partial charge in [-0.05, 0) is 0 Å². The van der Waals surface area contributed by atoms with Crippen LogP contribution < -0.4 is 0 Å². The van der Waals surface area contributed by atoms with Crippen LogP contribution in [0.25, 0.3) is 0 Å². The maximum atomic E-state index is 10.7. The van der Waals surface area contributed by atoms with E-state index in [0.29, 0.717) is 6.42 Å². The molecular formula is C7H13NO3. The second-order valence-electron chi connectivity index (χ2n) is 2.05. The van der Waals surface area contributed by atoms with Crippen LogP contribution in [0.2, 0.25) is 0 Å². The first-order valence-corrected chi connectivity index (χ1v) is 3.32. The predicted molar refractivity (Wildman–Crippen MR) is 41.2 cm³/mol. The highest BCUT2D eigenvalue weighted by molar-refractivity contribution is 5.68. The van der Waals surface area contributed by atoms with Gasteiger partial charge in [-0.3, -0.25) is 4.90 Å². The molecule has 4 heteroatoms. The van der Waals surface area contributed by atoms with Crippen LogP contribution in [0.4, 0.5) is 4.79 Å². The van der Waals surface area contributed by atoms with Gasteiger partial charge in [0.2, 0.25) is 0 Å². The number of aliphatic hydroxyl groups excluding tert-OH is 1. The van der Waals surface area contributed by atoms with Crippen molar-refractivity contribution in [1.29, 1.82) is 0 Å². The maximum Gasteiger partial charge on any atom is 0.413 e. The molecule has 0 fully saturated rings. The molecule has 0 bridgehead atoms. The van der Waals surface area contributed by atoms with Crippen molar-refractivity contribution in [2.24, 2.45) is 0 Å². The molecular weight excluding hydrogens is 146 g/mol. The van der Waals surface area contributed by atoms with Gasteiger partial charge in [0.05, 0.1) is 7.11 Å². The van der Waals surface area contributed by atoms with Crippen molar-refractivity contribution in [3.8, 4) is 0 Å². The van der Waals surface area contributed by atoms with Crippen LogP contribution in [0.5, 0.6) is 0 Å². The highest BCUT2D eigenvalue weighted by atomic mass is 16.5. The topological polar surface area (TPSA) is 49.8 Å². The van der Waals surface area contributed by atoms with E-state index in [2.05, 4.69) is 4.74 Å². The zero-order valence-electron chi connectivity index (χ0n) is 7.00. The van der Waals surface area contributed by atoms with Crippen molar-refractivity contribution in [3.63, 3.8) is 0 Å². The average Bonchev–Trinajstić information content (AvgIpc) is 2.02. The number of ether oxygens (including phenoxy) is 1.